The number of likely N-dealkylation sites (N-methyl/N-ethyl adjacent to an activating group) is 1. The second-order valence-corrected chi connectivity index (χ2v) is 5.15. The van der Waals surface area contributed by atoms with E-state index in [-0.39, 0.29) is 0 Å². The van der Waals surface area contributed by atoms with Crippen molar-refractivity contribution < 1.29 is 9.84 Å². The Morgan fingerprint density at radius 2 is 2.24 bits per heavy atom. The van der Waals surface area contributed by atoms with Crippen molar-refractivity contribution in [3.63, 3.8) is 0 Å². The van der Waals surface area contributed by atoms with Crippen LogP contribution in [0.4, 0.5) is 0 Å². The average molecular weight is 256 g/mol. The van der Waals surface area contributed by atoms with Gasteiger partial charge in [-0.1, -0.05) is 11.6 Å². The molecule has 0 aromatic heterocycles. The summed E-state index contributed by atoms with van der Waals surface area (Å²) in [5.74, 6) is 0.701. The number of aliphatic hydroxyl groups is 1. The van der Waals surface area contributed by atoms with Gasteiger partial charge >= 0.3 is 0 Å². The number of methoxy groups -OCH3 is 1. The van der Waals surface area contributed by atoms with E-state index in [1.165, 1.54) is 0 Å². The van der Waals surface area contributed by atoms with Crippen molar-refractivity contribution >= 4 is 11.6 Å². The maximum atomic E-state index is 10.8. The first-order valence-electron chi connectivity index (χ1n) is 5.80. The van der Waals surface area contributed by atoms with Crippen LogP contribution in [0.5, 0.6) is 5.75 Å². The highest BCUT2D eigenvalue weighted by Gasteiger charge is 2.36. The molecule has 0 bridgehead atoms. The molecule has 0 spiro atoms. The molecule has 1 aliphatic heterocycles. The van der Waals surface area contributed by atoms with Gasteiger partial charge in [0.2, 0.25) is 0 Å². The van der Waals surface area contributed by atoms with E-state index in [0.29, 0.717) is 17.3 Å². The molecule has 0 saturated carbocycles. The Hall–Kier alpha value is -0.770. The molecule has 0 radical (unpaired) electrons. The van der Waals surface area contributed by atoms with Crippen LogP contribution in [0.25, 0.3) is 0 Å². The zero-order chi connectivity index (χ0) is 12.5. The lowest BCUT2D eigenvalue weighted by molar-refractivity contribution is -0.0293. The highest BCUT2D eigenvalue weighted by atomic mass is 35.5. The maximum absolute atomic E-state index is 10.8. The summed E-state index contributed by atoms with van der Waals surface area (Å²) in [4.78, 5) is 2.13. The van der Waals surface area contributed by atoms with E-state index < -0.39 is 5.60 Å². The van der Waals surface area contributed by atoms with Crippen LogP contribution in [-0.2, 0) is 5.60 Å². The van der Waals surface area contributed by atoms with Crippen LogP contribution in [0.2, 0.25) is 5.02 Å². The maximum Gasteiger partial charge on any atom is 0.125 e. The number of hydrogen-bond donors (Lipinski definition) is 1. The number of likely N-dealkylation sites (tertiary alicyclic amines) is 1. The average Bonchev–Trinajstić information content (AvgIpc) is 2.28. The molecule has 3 nitrogen and oxygen atoms in total. The predicted molar refractivity (Wildman–Crippen MR) is 68.6 cm³/mol. The smallest absolute Gasteiger partial charge is 0.125 e. The van der Waals surface area contributed by atoms with Gasteiger partial charge in [0.25, 0.3) is 0 Å². The molecule has 1 aromatic rings. The number of piperidine rings is 1. The van der Waals surface area contributed by atoms with Crippen molar-refractivity contribution in [3.8, 4) is 5.75 Å². The molecule has 1 fully saturated rings. The van der Waals surface area contributed by atoms with E-state index in [0.717, 1.165) is 24.9 Å². The van der Waals surface area contributed by atoms with Crippen LogP contribution in [-0.4, -0.2) is 37.3 Å². The molecule has 4 heteroatoms. The van der Waals surface area contributed by atoms with E-state index in [2.05, 4.69) is 4.90 Å². The fourth-order valence-electron chi connectivity index (χ4n) is 2.51. The van der Waals surface area contributed by atoms with Crippen molar-refractivity contribution in [2.75, 3.05) is 27.2 Å². The minimum absolute atomic E-state index is 0.615. The Balaban J connectivity index is 2.40. The highest BCUT2D eigenvalue weighted by Crippen LogP contribution is 2.37. The summed E-state index contributed by atoms with van der Waals surface area (Å²) in [6.45, 7) is 1.63. The summed E-state index contributed by atoms with van der Waals surface area (Å²) in [6, 6.07) is 5.39. The van der Waals surface area contributed by atoms with Gasteiger partial charge in [0.15, 0.2) is 0 Å². The minimum atomic E-state index is -0.858. The number of benzene rings is 1. The molecule has 94 valence electrons. The molecule has 1 unspecified atom stereocenters. The largest absolute Gasteiger partial charge is 0.496 e. The van der Waals surface area contributed by atoms with Gasteiger partial charge in [0.1, 0.15) is 11.4 Å². The van der Waals surface area contributed by atoms with E-state index in [4.69, 9.17) is 16.3 Å². The number of rotatable bonds is 2. The molecule has 1 N–H and O–H groups in total. The molecular formula is C13H18ClNO2. The molecule has 1 aromatic carbocycles. The topological polar surface area (TPSA) is 32.7 Å². The van der Waals surface area contributed by atoms with Gasteiger partial charge in [0, 0.05) is 17.1 Å². The van der Waals surface area contributed by atoms with Gasteiger partial charge in [-0.05, 0) is 44.6 Å². The van der Waals surface area contributed by atoms with Crippen LogP contribution in [0.1, 0.15) is 18.4 Å². The Morgan fingerprint density at radius 1 is 1.47 bits per heavy atom. The van der Waals surface area contributed by atoms with Crippen molar-refractivity contribution in [1.29, 1.82) is 0 Å². The molecule has 1 heterocycles. The van der Waals surface area contributed by atoms with Gasteiger partial charge in [-0.2, -0.15) is 0 Å². The summed E-state index contributed by atoms with van der Waals surface area (Å²) in [6.07, 6.45) is 1.72. The van der Waals surface area contributed by atoms with Crippen molar-refractivity contribution in [3.05, 3.63) is 28.8 Å². The van der Waals surface area contributed by atoms with E-state index >= 15 is 0 Å². The van der Waals surface area contributed by atoms with E-state index in [1.807, 2.05) is 13.1 Å². The van der Waals surface area contributed by atoms with Gasteiger partial charge < -0.3 is 14.7 Å². The molecule has 2 rings (SSSR count). The second kappa shape index (κ2) is 4.84. The fraction of sp³-hybridized carbons (Fsp3) is 0.538. The molecular weight excluding hydrogens is 238 g/mol. The number of β-amino-alcohol motifs (C(OH)–C–C–N with tert-alkyl or cyclic N) is 1. The van der Waals surface area contributed by atoms with Crippen molar-refractivity contribution in [1.82, 2.24) is 4.90 Å². The summed E-state index contributed by atoms with van der Waals surface area (Å²) in [7, 11) is 3.63. The van der Waals surface area contributed by atoms with Crippen LogP contribution in [0, 0.1) is 0 Å². The third-order valence-corrected chi connectivity index (χ3v) is 3.56. The zero-order valence-corrected chi connectivity index (χ0v) is 11.0. The number of hydrogen-bond acceptors (Lipinski definition) is 3. The molecule has 1 aliphatic rings. The lowest BCUT2D eigenvalue weighted by Gasteiger charge is -2.38. The quantitative estimate of drug-likeness (QED) is 0.880. The molecule has 0 amide bonds. The SMILES string of the molecule is COc1ccc(Cl)cc1C1(O)CCCN(C)C1. The fourth-order valence-corrected chi connectivity index (χ4v) is 2.68. The first-order valence-corrected chi connectivity index (χ1v) is 6.18. The van der Waals surface area contributed by atoms with Crippen LogP contribution in [0.15, 0.2) is 18.2 Å². The summed E-state index contributed by atoms with van der Waals surface area (Å²) in [5.41, 5.74) is -0.0671. The Morgan fingerprint density at radius 3 is 2.88 bits per heavy atom. The van der Waals surface area contributed by atoms with E-state index in [9.17, 15) is 5.11 Å². The van der Waals surface area contributed by atoms with Gasteiger partial charge in [-0.15, -0.1) is 0 Å². The third kappa shape index (κ3) is 2.57. The summed E-state index contributed by atoms with van der Waals surface area (Å²) < 4.78 is 5.32. The lowest BCUT2D eigenvalue weighted by Crippen LogP contribution is -2.44. The van der Waals surface area contributed by atoms with Crippen LogP contribution in [0.3, 0.4) is 0 Å². The summed E-state index contributed by atoms with van der Waals surface area (Å²) >= 11 is 6.01. The van der Waals surface area contributed by atoms with Crippen molar-refractivity contribution in [2.24, 2.45) is 0 Å². The molecule has 0 aliphatic carbocycles. The zero-order valence-electron chi connectivity index (χ0n) is 10.2. The Bertz CT molecular complexity index is 410. The minimum Gasteiger partial charge on any atom is -0.496 e. The standard InChI is InChI=1S/C13H18ClNO2/c1-15-7-3-6-13(16,9-15)11-8-10(14)4-5-12(11)17-2/h4-5,8,16H,3,6-7,9H2,1-2H3. The highest BCUT2D eigenvalue weighted by molar-refractivity contribution is 6.30. The Labute approximate surface area is 107 Å². The van der Waals surface area contributed by atoms with Gasteiger partial charge in [0.05, 0.1) is 7.11 Å². The first kappa shape index (κ1) is 12.7. The second-order valence-electron chi connectivity index (χ2n) is 4.72. The lowest BCUT2D eigenvalue weighted by atomic mass is 9.85. The number of ether oxygens (including phenoxy) is 1. The van der Waals surface area contributed by atoms with E-state index in [1.54, 1.807) is 19.2 Å². The number of halogens is 1. The normalized spacial score (nSPS) is 25.9. The molecule has 1 saturated heterocycles. The Kier molecular flexibility index (Phi) is 3.61. The van der Waals surface area contributed by atoms with Crippen LogP contribution < -0.4 is 4.74 Å². The first-order chi connectivity index (χ1) is 8.05. The summed E-state index contributed by atoms with van der Waals surface area (Å²) in [5, 5.41) is 11.4. The number of nitrogens with zero attached hydrogens (tertiary/aromatic N) is 1. The predicted octanol–water partition coefficient (Wildman–Crippen LogP) is 2.26. The molecule has 1 atom stereocenters. The third-order valence-electron chi connectivity index (χ3n) is 3.32. The van der Waals surface area contributed by atoms with Gasteiger partial charge in [-0.3, -0.25) is 0 Å². The van der Waals surface area contributed by atoms with Gasteiger partial charge in [-0.25, -0.2) is 0 Å². The van der Waals surface area contributed by atoms with Crippen molar-refractivity contribution in [2.45, 2.75) is 18.4 Å². The van der Waals surface area contributed by atoms with Crippen LogP contribution >= 0.6 is 11.6 Å². The molecule has 17 heavy (non-hydrogen) atoms. The monoisotopic (exact) mass is 255 g/mol.